The van der Waals surface area contributed by atoms with Gasteiger partial charge in [-0.1, -0.05) is 29.8 Å². The van der Waals surface area contributed by atoms with Crippen LogP contribution in [0.2, 0.25) is 5.02 Å². The Labute approximate surface area is 201 Å². The summed E-state index contributed by atoms with van der Waals surface area (Å²) in [6.07, 6.45) is 1.01. The third-order valence-electron chi connectivity index (χ3n) is 5.51. The third-order valence-corrected chi connectivity index (χ3v) is 7.60. The molecule has 1 heterocycles. The van der Waals surface area contributed by atoms with E-state index >= 15 is 0 Å². The van der Waals surface area contributed by atoms with Crippen molar-refractivity contribution in [1.29, 1.82) is 0 Å². The first-order valence-electron chi connectivity index (χ1n) is 11.0. The molecule has 3 rings (SSSR count). The minimum atomic E-state index is -3.46. The molecule has 0 saturated carbocycles. The van der Waals surface area contributed by atoms with Gasteiger partial charge >= 0.3 is 0 Å². The molecule has 1 aliphatic heterocycles. The summed E-state index contributed by atoms with van der Waals surface area (Å²) < 4.78 is 38.1. The number of nitrogens with zero attached hydrogens (tertiary/aromatic N) is 1. The predicted octanol–water partition coefficient (Wildman–Crippen LogP) is 3.99. The van der Waals surface area contributed by atoms with Crippen molar-refractivity contribution < 1.29 is 22.7 Å². The van der Waals surface area contributed by atoms with Crippen molar-refractivity contribution >= 4 is 27.5 Å². The molecule has 1 fully saturated rings. The molecule has 1 saturated heterocycles. The van der Waals surface area contributed by atoms with E-state index in [1.54, 1.807) is 31.4 Å². The quantitative estimate of drug-likeness (QED) is 0.569. The lowest BCUT2D eigenvalue weighted by atomic mass is 9.97. The van der Waals surface area contributed by atoms with Gasteiger partial charge in [0, 0.05) is 30.6 Å². The Morgan fingerprint density at radius 2 is 1.85 bits per heavy atom. The highest BCUT2D eigenvalue weighted by atomic mass is 35.5. The minimum Gasteiger partial charge on any atom is -0.493 e. The Bertz CT molecular complexity index is 1070. The molecule has 7 nitrogen and oxygen atoms in total. The lowest BCUT2D eigenvalue weighted by Crippen LogP contribution is -2.43. The number of carbonyl (C=O) groups is 1. The molecule has 33 heavy (non-hydrogen) atoms. The molecule has 0 spiro atoms. The summed E-state index contributed by atoms with van der Waals surface area (Å²) in [5.74, 6) is 0.905. The van der Waals surface area contributed by atoms with Crippen molar-refractivity contribution in [2.75, 3.05) is 20.2 Å². The average Bonchev–Trinajstić information content (AvgIpc) is 2.77. The summed E-state index contributed by atoms with van der Waals surface area (Å²) in [5.41, 5.74) is 1.56. The van der Waals surface area contributed by atoms with Crippen molar-refractivity contribution in [2.45, 2.75) is 45.1 Å². The molecule has 0 aromatic heterocycles. The minimum absolute atomic E-state index is 0.0321. The van der Waals surface area contributed by atoms with E-state index in [1.165, 1.54) is 4.31 Å². The van der Waals surface area contributed by atoms with Crippen molar-refractivity contribution in [3.8, 4) is 11.5 Å². The Morgan fingerprint density at radius 1 is 1.12 bits per heavy atom. The summed E-state index contributed by atoms with van der Waals surface area (Å²) in [4.78, 5) is 12.7. The van der Waals surface area contributed by atoms with Crippen LogP contribution in [0.15, 0.2) is 42.5 Å². The molecule has 0 atom stereocenters. The fourth-order valence-corrected chi connectivity index (χ4v) is 5.59. The van der Waals surface area contributed by atoms with Crippen LogP contribution in [-0.4, -0.2) is 44.9 Å². The van der Waals surface area contributed by atoms with Crippen molar-refractivity contribution in [1.82, 2.24) is 9.62 Å². The number of carbonyl (C=O) groups excluding carboxylic acids is 1. The highest BCUT2D eigenvalue weighted by molar-refractivity contribution is 7.88. The van der Waals surface area contributed by atoms with E-state index < -0.39 is 10.0 Å². The fraction of sp³-hybridized carbons (Fsp3) is 0.458. The Kier molecular flexibility index (Phi) is 8.62. The largest absolute Gasteiger partial charge is 0.493 e. The second-order valence-corrected chi connectivity index (χ2v) is 10.8. The topological polar surface area (TPSA) is 84.9 Å². The standard InChI is InChI=1S/C24H31ClN2O5S/c1-17(2)32-22-8-7-18(14-23(22)31-3)15-26-24(28)20-9-11-27(12-10-20)33(29,30)16-19-5-4-6-21(25)13-19/h4-8,13-14,17,20H,9-12,15-16H2,1-3H3,(H,26,28). The van der Waals surface area contributed by atoms with E-state index in [2.05, 4.69) is 5.32 Å². The van der Waals surface area contributed by atoms with Gasteiger partial charge in [-0.3, -0.25) is 4.79 Å². The number of methoxy groups -OCH3 is 1. The molecule has 0 bridgehead atoms. The van der Waals surface area contributed by atoms with Gasteiger partial charge in [0.05, 0.1) is 19.0 Å². The average molecular weight is 495 g/mol. The van der Waals surface area contributed by atoms with Gasteiger partial charge in [-0.2, -0.15) is 0 Å². The molecule has 9 heteroatoms. The maximum atomic E-state index is 12.8. The van der Waals surface area contributed by atoms with E-state index in [0.29, 0.717) is 54.6 Å². The molecule has 0 unspecified atom stereocenters. The molecule has 0 aliphatic carbocycles. The molecule has 1 N–H and O–H groups in total. The molecule has 2 aromatic rings. The zero-order chi connectivity index (χ0) is 24.0. The Balaban J connectivity index is 1.51. The van der Waals surface area contributed by atoms with Gasteiger partial charge in [-0.15, -0.1) is 0 Å². The number of ether oxygens (including phenoxy) is 2. The second-order valence-electron chi connectivity index (χ2n) is 8.43. The maximum Gasteiger partial charge on any atom is 0.223 e. The normalized spacial score (nSPS) is 15.4. The summed E-state index contributed by atoms with van der Waals surface area (Å²) in [7, 11) is -1.88. The van der Waals surface area contributed by atoms with Crippen LogP contribution in [0, 0.1) is 5.92 Å². The van der Waals surface area contributed by atoms with Gasteiger partial charge in [-0.25, -0.2) is 12.7 Å². The monoisotopic (exact) mass is 494 g/mol. The molecule has 2 aromatic carbocycles. The summed E-state index contributed by atoms with van der Waals surface area (Å²) in [5, 5.41) is 3.47. The van der Waals surface area contributed by atoms with Crippen LogP contribution >= 0.6 is 11.6 Å². The summed E-state index contributed by atoms with van der Waals surface area (Å²) >= 11 is 5.97. The van der Waals surface area contributed by atoms with Gasteiger partial charge in [0.25, 0.3) is 0 Å². The fourth-order valence-electron chi connectivity index (χ4n) is 3.83. The number of hydrogen-bond donors (Lipinski definition) is 1. The smallest absolute Gasteiger partial charge is 0.223 e. The van der Waals surface area contributed by atoms with E-state index in [9.17, 15) is 13.2 Å². The van der Waals surface area contributed by atoms with Crippen LogP contribution in [0.3, 0.4) is 0 Å². The third kappa shape index (κ3) is 7.09. The number of amides is 1. The van der Waals surface area contributed by atoms with Crippen LogP contribution in [-0.2, 0) is 27.1 Å². The lowest BCUT2D eigenvalue weighted by Gasteiger charge is -2.30. The molecule has 0 radical (unpaired) electrons. The van der Waals surface area contributed by atoms with Crippen molar-refractivity contribution in [3.63, 3.8) is 0 Å². The molecule has 180 valence electrons. The summed E-state index contributed by atoms with van der Waals surface area (Å²) in [6.45, 7) is 4.92. The van der Waals surface area contributed by atoms with E-state index in [0.717, 1.165) is 5.56 Å². The predicted molar refractivity (Wildman–Crippen MR) is 129 cm³/mol. The van der Waals surface area contributed by atoms with Crippen molar-refractivity contribution in [3.05, 3.63) is 58.6 Å². The number of hydrogen-bond acceptors (Lipinski definition) is 5. The number of sulfonamides is 1. The molecular formula is C24H31ClN2O5S. The van der Waals surface area contributed by atoms with Gasteiger partial charge < -0.3 is 14.8 Å². The second kappa shape index (κ2) is 11.2. The van der Waals surface area contributed by atoms with E-state index in [1.807, 2.05) is 32.0 Å². The molecule has 1 amide bonds. The number of benzene rings is 2. The Morgan fingerprint density at radius 3 is 2.48 bits per heavy atom. The Hall–Kier alpha value is -2.29. The number of piperidine rings is 1. The van der Waals surface area contributed by atoms with Gasteiger partial charge in [0.1, 0.15) is 0 Å². The first kappa shape index (κ1) is 25.3. The maximum absolute atomic E-state index is 12.8. The van der Waals surface area contributed by atoms with Crippen molar-refractivity contribution in [2.24, 2.45) is 5.92 Å². The summed E-state index contributed by atoms with van der Waals surface area (Å²) in [6, 6.07) is 12.4. The zero-order valence-electron chi connectivity index (χ0n) is 19.2. The van der Waals surface area contributed by atoms with Crippen LogP contribution in [0.25, 0.3) is 0 Å². The van der Waals surface area contributed by atoms with Gasteiger partial charge in [-0.05, 0) is 62.1 Å². The van der Waals surface area contributed by atoms with E-state index in [4.69, 9.17) is 21.1 Å². The molecular weight excluding hydrogens is 464 g/mol. The zero-order valence-corrected chi connectivity index (χ0v) is 20.8. The van der Waals surface area contributed by atoms with Crippen LogP contribution in [0.4, 0.5) is 0 Å². The highest BCUT2D eigenvalue weighted by Crippen LogP contribution is 2.29. The van der Waals surface area contributed by atoms with E-state index in [-0.39, 0.29) is 23.7 Å². The van der Waals surface area contributed by atoms with Gasteiger partial charge in [0.15, 0.2) is 11.5 Å². The van der Waals surface area contributed by atoms with Crippen LogP contribution in [0.5, 0.6) is 11.5 Å². The number of rotatable bonds is 9. The van der Waals surface area contributed by atoms with Crippen LogP contribution < -0.4 is 14.8 Å². The van der Waals surface area contributed by atoms with Crippen LogP contribution in [0.1, 0.15) is 37.8 Å². The number of nitrogens with one attached hydrogen (secondary N) is 1. The van der Waals surface area contributed by atoms with Gasteiger partial charge in [0.2, 0.25) is 15.9 Å². The number of halogens is 1. The first-order chi connectivity index (χ1) is 15.7. The molecule has 1 aliphatic rings. The highest BCUT2D eigenvalue weighted by Gasteiger charge is 2.31. The first-order valence-corrected chi connectivity index (χ1v) is 13.0. The lowest BCUT2D eigenvalue weighted by molar-refractivity contribution is -0.126. The SMILES string of the molecule is COc1cc(CNC(=O)C2CCN(S(=O)(=O)Cc3cccc(Cl)c3)CC2)ccc1OC(C)C.